The van der Waals surface area contributed by atoms with Gasteiger partial charge in [-0.15, -0.1) is 0 Å². The Hall–Kier alpha value is -0.610. The molecule has 2 atom stereocenters. The Morgan fingerprint density at radius 2 is 2.12 bits per heavy atom. The number of rotatable bonds is 5. The summed E-state index contributed by atoms with van der Waals surface area (Å²) < 4.78 is 5.42. The maximum absolute atomic E-state index is 12.1. The van der Waals surface area contributed by atoms with Gasteiger partial charge in [-0.3, -0.25) is 4.79 Å². The van der Waals surface area contributed by atoms with Crippen LogP contribution in [-0.2, 0) is 9.53 Å². The van der Waals surface area contributed by atoms with Gasteiger partial charge in [0.25, 0.3) is 0 Å². The molecule has 2 N–H and O–H groups in total. The van der Waals surface area contributed by atoms with Crippen LogP contribution in [0.3, 0.4) is 0 Å². The molecule has 2 fully saturated rings. The standard InChI is InChI=1S/C13H24N2O2/c1-3-4-14-12-8-17-7-11(12)13(16)15-10-5-9(2)6-10/h9-12,14H,3-8H2,1-2H3,(H,15,16). The van der Waals surface area contributed by atoms with Crippen molar-refractivity contribution in [3.63, 3.8) is 0 Å². The van der Waals surface area contributed by atoms with E-state index in [1.165, 1.54) is 0 Å². The molecule has 0 aromatic heterocycles. The summed E-state index contributed by atoms with van der Waals surface area (Å²) >= 11 is 0. The van der Waals surface area contributed by atoms with E-state index in [-0.39, 0.29) is 17.9 Å². The monoisotopic (exact) mass is 240 g/mol. The van der Waals surface area contributed by atoms with Crippen LogP contribution in [-0.4, -0.2) is 37.7 Å². The number of carbonyl (C=O) groups is 1. The lowest BCUT2D eigenvalue weighted by molar-refractivity contribution is -0.127. The molecular weight excluding hydrogens is 216 g/mol. The Bertz CT molecular complexity index is 264. The molecule has 0 bridgehead atoms. The van der Waals surface area contributed by atoms with Gasteiger partial charge >= 0.3 is 0 Å². The van der Waals surface area contributed by atoms with Crippen molar-refractivity contribution in [2.24, 2.45) is 11.8 Å². The molecule has 2 aliphatic rings. The highest BCUT2D eigenvalue weighted by molar-refractivity contribution is 5.80. The van der Waals surface area contributed by atoms with E-state index < -0.39 is 0 Å². The molecule has 98 valence electrons. The normalized spacial score (nSPS) is 36.6. The van der Waals surface area contributed by atoms with Crippen molar-refractivity contribution >= 4 is 5.91 Å². The van der Waals surface area contributed by atoms with Crippen molar-refractivity contribution in [2.75, 3.05) is 19.8 Å². The summed E-state index contributed by atoms with van der Waals surface area (Å²) in [5, 5.41) is 6.53. The summed E-state index contributed by atoms with van der Waals surface area (Å²) in [5.41, 5.74) is 0. The number of amides is 1. The quantitative estimate of drug-likeness (QED) is 0.751. The first kappa shape index (κ1) is 12.8. The zero-order valence-electron chi connectivity index (χ0n) is 10.9. The second kappa shape index (κ2) is 5.83. The zero-order chi connectivity index (χ0) is 12.3. The van der Waals surface area contributed by atoms with Crippen LogP contribution in [0.4, 0.5) is 0 Å². The smallest absolute Gasteiger partial charge is 0.227 e. The molecular formula is C13H24N2O2. The fraction of sp³-hybridized carbons (Fsp3) is 0.923. The summed E-state index contributed by atoms with van der Waals surface area (Å²) in [6.45, 7) is 6.55. The zero-order valence-corrected chi connectivity index (χ0v) is 10.9. The van der Waals surface area contributed by atoms with Crippen molar-refractivity contribution in [1.82, 2.24) is 10.6 Å². The van der Waals surface area contributed by atoms with Crippen LogP contribution in [0.1, 0.15) is 33.1 Å². The lowest BCUT2D eigenvalue weighted by Crippen LogP contribution is -2.50. The molecule has 0 radical (unpaired) electrons. The number of ether oxygens (including phenoxy) is 1. The lowest BCUT2D eigenvalue weighted by atomic mass is 9.81. The lowest BCUT2D eigenvalue weighted by Gasteiger charge is -2.34. The molecule has 0 spiro atoms. The van der Waals surface area contributed by atoms with Crippen molar-refractivity contribution < 1.29 is 9.53 Å². The second-order valence-electron chi connectivity index (χ2n) is 5.49. The minimum Gasteiger partial charge on any atom is -0.379 e. The van der Waals surface area contributed by atoms with Gasteiger partial charge in [-0.05, 0) is 31.7 Å². The topological polar surface area (TPSA) is 50.4 Å². The molecule has 1 aliphatic heterocycles. The summed E-state index contributed by atoms with van der Waals surface area (Å²) in [4.78, 5) is 12.1. The molecule has 2 unspecified atom stereocenters. The van der Waals surface area contributed by atoms with Crippen LogP contribution in [0, 0.1) is 11.8 Å². The van der Waals surface area contributed by atoms with Gasteiger partial charge < -0.3 is 15.4 Å². The van der Waals surface area contributed by atoms with Crippen LogP contribution >= 0.6 is 0 Å². The highest BCUT2D eigenvalue weighted by atomic mass is 16.5. The van der Waals surface area contributed by atoms with Gasteiger partial charge in [0.05, 0.1) is 19.1 Å². The van der Waals surface area contributed by atoms with Gasteiger partial charge in [0, 0.05) is 12.1 Å². The first-order valence-corrected chi connectivity index (χ1v) is 6.82. The minimum absolute atomic E-state index is 0.00236. The fourth-order valence-electron chi connectivity index (χ4n) is 2.67. The fourth-order valence-corrected chi connectivity index (χ4v) is 2.67. The van der Waals surface area contributed by atoms with E-state index >= 15 is 0 Å². The van der Waals surface area contributed by atoms with E-state index in [0.29, 0.717) is 19.3 Å². The first-order chi connectivity index (χ1) is 8.20. The van der Waals surface area contributed by atoms with Crippen LogP contribution in [0.5, 0.6) is 0 Å². The Labute approximate surface area is 103 Å². The highest BCUT2D eigenvalue weighted by Crippen LogP contribution is 2.27. The molecule has 4 heteroatoms. The Balaban J connectivity index is 1.77. The maximum atomic E-state index is 12.1. The summed E-state index contributed by atoms with van der Waals surface area (Å²) in [7, 11) is 0. The van der Waals surface area contributed by atoms with E-state index in [4.69, 9.17) is 4.74 Å². The molecule has 0 aromatic carbocycles. The SMILES string of the molecule is CCCNC1COCC1C(=O)NC1CC(C)C1. The molecule has 1 saturated carbocycles. The van der Waals surface area contributed by atoms with Crippen LogP contribution in [0.15, 0.2) is 0 Å². The first-order valence-electron chi connectivity index (χ1n) is 6.82. The molecule has 2 rings (SSSR count). The molecule has 0 aromatic rings. The van der Waals surface area contributed by atoms with Gasteiger partial charge in [0.2, 0.25) is 5.91 Å². The third-order valence-corrected chi connectivity index (χ3v) is 3.79. The van der Waals surface area contributed by atoms with E-state index in [1.54, 1.807) is 0 Å². The molecule has 1 aliphatic carbocycles. The third kappa shape index (κ3) is 3.19. The van der Waals surface area contributed by atoms with Crippen molar-refractivity contribution in [1.29, 1.82) is 0 Å². The molecule has 17 heavy (non-hydrogen) atoms. The summed E-state index contributed by atoms with van der Waals surface area (Å²) in [6.07, 6.45) is 3.35. The third-order valence-electron chi connectivity index (χ3n) is 3.79. The summed E-state index contributed by atoms with van der Waals surface area (Å²) in [5.74, 6) is 0.944. The van der Waals surface area contributed by atoms with E-state index in [2.05, 4.69) is 24.5 Å². The van der Waals surface area contributed by atoms with E-state index in [0.717, 1.165) is 31.7 Å². The number of carbonyl (C=O) groups excluding carboxylic acids is 1. The minimum atomic E-state index is -0.00236. The van der Waals surface area contributed by atoms with Gasteiger partial charge in [-0.1, -0.05) is 13.8 Å². The van der Waals surface area contributed by atoms with E-state index in [1.807, 2.05) is 0 Å². The Morgan fingerprint density at radius 3 is 2.76 bits per heavy atom. The van der Waals surface area contributed by atoms with Crippen LogP contribution in [0.25, 0.3) is 0 Å². The largest absolute Gasteiger partial charge is 0.379 e. The number of hydrogen-bond donors (Lipinski definition) is 2. The predicted molar refractivity (Wildman–Crippen MR) is 66.7 cm³/mol. The summed E-state index contributed by atoms with van der Waals surface area (Å²) in [6, 6.07) is 0.609. The van der Waals surface area contributed by atoms with Gasteiger partial charge in [-0.2, -0.15) is 0 Å². The van der Waals surface area contributed by atoms with Gasteiger partial charge in [0.1, 0.15) is 0 Å². The van der Waals surface area contributed by atoms with E-state index in [9.17, 15) is 4.79 Å². The Morgan fingerprint density at radius 1 is 1.35 bits per heavy atom. The molecule has 1 heterocycles. The maximum Gasteiger partial charge on any atom is 0.227 e. The average molecular weight is 240 g/mol. The van der Waals surface area contributed by atoms with Crippen molar-refractivity contribution in [3.05, 3.63) is 0 Å². The average Bonchev–Trinajstić information content (AvgIpc) is 2.72. The van der Waals surface area contributed by atoms with Crippen molar-refractivity contribution in [2.45, 2.75) is 45.2 Å². The Kier molecular flexibility index (Phi) is 4.40. The predicted octanol–water partition coefficient (Wildman–Crippen LogP) is 0.916. The molecule has 1 amide bonds. The molecule has 1 saturated heterocycles. The number of hydrogen-bond acceptors (Lipinski definition) is 3. The van der Waals surface area contributed by atoms with Crippen LogP contribution < -0.4 is 10.6 Å². The molecule has 4 nitrogen and oxygen atoms in total. The van der Waals surface area contributed by atoms with Crippen molar-refractivity contribution in [3.8, 4) is 0 Å². The highest BCUT2D eigenvalue weighted by Gasteiger charge is 2.36. The second-order valence-corrected chi connectivity index (χ2v) is 5.49. The van der Waals surface area contributed by atoms with Gasteiger partial charge in [-0.25, -0.2) is 0 Å². The van der Waals surface area contributed by atoms with Gasteiger partial charge in [0.15, 0.2) is 0 Å². The van der Waals surface area contributed by atoms with Crippen LogP contribution in [0.2, 0.25) is 0 Å². The number of nitrogens with one attached hydrogen (secondary N) is 2.